The number of hydrogen-bond acceptors (Lipinski definition) is 3. The zero-order valence-electron chi connectivity index (χ0n) is 11.1. The first kappa shape index (κ1) is 13.6. The summed E-state index contributed by atoms with van der Waals surface area (Å²) in [5.41, 5.74) is 2.39. The molecule has 0 fully saturated rings. The highest BCUT2D eigenvalue weighted by molar-refractivity contribution is 5.88. The zero-order chi connectivity index (χ0) is 13.7. The smallest absolute Gasteiger partial charge is 0.335 e. The van der Waals surface area contributed by atoms with Gasteiger partial charge in [0.15, 0.2) is 6.10 Å². The van der Waals surface area contributed by atoms with E-state index in [-0.39, 0.29) is 6.10 Å². The molecule has 4 heteroatoms. The standard InChI is InChI=1S/C15H19NO3/c1-2-3-4-5-13-10-14(19-16-13)11-6-8-12(9-7-11)15(17)18/h6-9,14H,2-5,10H2,1H3,(H,17,18)/t14-/m1/s1. The van der Waals surface area contributed by atoms with Crippen LogP contribution in [0.3, 0.4) is 0 Å². The van der Waals surface area contributed by atoms with Crippen molar-refractivity contribution in [1.82, 2.24) is 0 Å². The van der Waals surface area contributed by atoms with Crippen LogP contribution in [0.5, 0.6) is 0 Å². The highest BCUT2D eigenvalue weighted by Gasteiger charge is 2.22. The van der Waals surface area contributed by atoms with Crippen LogP contribution in [0.2, 0.25) is 0 Å². The van der Waals surface area contributed by atoms with Crippen molar-refractivity contribution < 1.29 is 14.7 Å². The third kappa shape index (κ3) is 3.56. The Labute approximate surface area is 113 Å². The lowest BCUT2D eigenvalue weighted by Gasteiger charge is -2.08. The van der Waals surface area contributed by atoms with Crippen LogP contribution in [-0.4, -0.2) is 16.8 Å². The fourth-order valence-corrected chi connectivity index (χ4v) is 2.17. The average Bonchev–Trinajstić information content (AvgIpc) is 2.88. The normalized spacial score (nSPS) is 17.9. The first-order valence-electron chi connectivity index (χ1n) is 6.75. The molecule has 1 heterocycles. The number of carbonyl (C=O) groups is 1. The average molecular weight is 261 g/mol. The lowest BCUT2D eigenvalue weighted by atomic mass is 10.0. The van der Waals surface area contributed by atoms with Crippen LogP contribution in [0.15, 0.2) is 29.4 Å². The largest absolute Gasteiger partial charge is 0.478 e. The second-order valence-electron chi connectivity index (χ2n) is 4.84. The van der Waals surface area contributed by atoms with Gasteiger partial charge in [0, 0.05) is 6.42 Å². The predicted molar refractivity (Wildman–Crippen MR) is 73.4 cm³/mol. The van der Waals surface area contributed by atoms with Gasteiger partial charge in [-0.3, -0.25) is 0 Å². The van der Waals surface area contributed by atoms with E-state index in [4.69, 9.17) is 9.94 Å². The minimum Gasteiger partial charge on any atom is -0.478 e. The first-order valence-corrected chi connectivity index (χ1v) is 6.75. The number of unbranched alkanes of at least 4 members (excludes halogenated alkanes) is 2. The molecule has 0 spiro atoms. The zero-order valence-corrected chi connectivity index (χ0v) is 11.1. The number of benzene rings is 1. The van der Waals surface area contributed by atoms with Crippen LogP contribution in [0.25, 0.3) is 0 Å². The highest BCUT2D eigenvalue weighted by atomic mass is 16.6. The molecule has 2 rings (SSSR count). The van der Waals surface area contributed by atoms with Crippen LogP contribution in [0.4, 0.5) is 0 Å². The minimum atomic E-state index is -0.907. The van der Waals surface area contributed by atoms with Crippen LogP contribution >= 0.6 is 0 Å². The molecule has 0 radical (unpaired) electrons. The van der Waals surface area contributed by atoms with E-state index in [1.165, 1.54) is 12.8 Å². The maximum Gasteiger partial charge on any atom is 0.335 e. The van der Waals surface area contributed by atoms with E-state index in [2.05, 4.69) is 12.1 Å². The fraction of sp³-hybridized carbons (Fsp3) is 0.467. The molecule has 1 aromatic rings. The number of carboxylic acids is 1. The molecule has 1 aliphatic rings. The van der Waals surface area contributed by atoms with Gasteiger partial charge in [-0.25, -0.2) is 4.79 Å². The van der Waals surface area contributed by atoms with Gasteiger partial charge < -0.3 is 9.94 Å². The third-order valence-corrected chi connectivity index (χ3v) is 3.33. The Kier molecular flexibility index (Phi) is 4.55. The molecule has 0 unspecified atom stereocenters. The molecule has 102 valence electrons. The van der Waals surface area contributed by atoms with E-state index in [0.717, 1.165) is 30.5 Å². The summed E-state index contributed by atoms with van der Waals surface area (Å²) in [5.74, 6) is -0.907. The summed E-state index contributed by atoms with van der Waals surface area (Å²) >= 11 is 0. The summed E-state index contributed by atoms with van der Waals surface area (Å²) in [6.45, 7) is 2.18. The summed E-state index contributed by atoms with van der Waals surface area (Å²) in [6.07, 6.45) is 5.34. The van der Waals surface area contributed by atoms with E-state index in [1.54, 1.807) is 24.3 Å². The Bertz CT molecular complexity index is 465. The van der Waals surface area contributed by atoms with Crippen molar-refractivity contribution in [1.29, 1.82) is 0 Å². The van der Waals surface area contributed by atoms with Crippen molar-refractivity contribution in [2.45, 2.75) is 45.1 Å². The van der Waals surface area contributed by atoms with Gasteiger partial charge in [0.2, 0.25) is 0 Å². The van der Waals surface area contributed by atoms with Crippen molar-refractivity contribution in [3.8, 4) is 0 Å². The van der Waals surface area contributed by atoms with Crippen molar-refractivity contribution >= 4 is 11.7 Å². The Morgan fingerprint density at radius 2 is 2.11 bits per heavy atom. The van der Waals surface area contributed by atoms with Gasteiger partial charge in [0.05, 0.1) is 11.3 Å². The molecule has 0 aliphatic carbocycles. The number of hydrogen-bond donors (Lipinski definition) is 1. The number of aromatic carboxylic acids is 1. The van der Waals surface area contributed by atoms with Crippen molar-refractivity contribution in [3.63, 3.8) is 0 Å². The topological polar surface area (TPSA) is 58.9 Å². The molecular formula is C15H19NO3. The number of carboxylic acid groups (broad SMARTS) is 1. The lowest BCUT2D eigenvalue weighted by Crippen LogP contribution is -2.02. The molecule has 0 aromatic heterocycles. The second-order valence-corrected chi connectivity index (χ2v) is 4.84. The van der Waals surface area contributed by atoms with E-state index < -0.39 is 5.97 Å². The molecular weight excluding hydrogens is 242 g/mol. The summed E-state index contributed by atoms with van der Waals surface area (Å²) in [7, 11) is 0. The quantitative estimate of drug-likeness (QED) is 0.793. The number of rotatable bonds is 6. The fourth-order valence-electron chi connectivity index (χ4n) is 2.17. The highest BCUT2D eigenvalue weighted by Crippen LogP contribution is 2.28. The van der Waals surface area contributed by atoms with Gasteiger partial charge in [0.1, 0.15) is 0 Å². The van der Waals surface area contributed by atoms with E-state index in [0.29, 0.717) is 5.56 Å². The van der Waals surface area contributed by atoms with Gasteiger partial charge >= 0.3 is 5.97 Å². The molecule has 0 amide bonds. The van der Waals surface area contributed by atoms with E-state index in [9.17, 15) is 4.79 Å². The Morgan fingerprint density at radius 1 is 1.37 bits per heavy atom. The summed E-state index contributed by atoms with van der Waals surface area (Å²) < 4.78 is 0. The SMILES string of the molecule is CCCCCC1=NO[C@@H](c2ccc(C(=O)O)cc2)C1. The molecule has 0 saturated carbocycles. The maximum atomic E-state index is 10.8. The van der Waals surface area contributed by atoms with Gasteiger partial charge in [-0.2, -0.15) is 0 Å². The van der Waals surface area contributed by atoms with E-state index in [1.807, 2.05) is 0 Å². The van der Waals surface area contributed by atoms with Gasteiger partial charge in [-0.1, -0.05) is 37.1 Å². The molecule has 19 heavy (non-hydrogen) atoms. The Morgan fingerprint density at radius 3 is 2.74 bits per heavy atom. The molecule has 0 bridgehead atoms. The monoisotopic (exact) mass is 261 g/mol. The Hall–Kier alpha value is -1.84. The minimum absolute atomic E-state index is 0.0560. The van der Waals surface area contributed by atoms with Crippen LogP contribution < -0.4 is 0 Å². The Balaban J connectivity index is 1.89. The van der Waals surface area contributed by atoms with Crippen LogP contribution in [0, 0.1) is 0 Å². The maximum absolute atomic E-state index is 10.8. The summed E-state index contributed by atoms with van der Waals surface area (Å²) in [5, 5.41) is 13.0. The van der Waals surface area contributed by atoms with E-state index >= 15 is 0 Å². The first-order chi connectivity index (χ1) is 9.20. The third-order valence-electron chi connectivity index (χ3n) is 3.33. The summed E-state index contributed by atoms with van der Waals surface area (Å²) in [4.78, 5) is 16.2. The van der Waals surface area contributed by atoms with Crippen molar-refractivity contribution in [3.05, 3.63) is 35.4 Å². The van der Waals surface area contributed by atoms with Gasteiger partial charge in [-0.05, 0) is 30.5 Å². The number of oxime groups is 1. The second kappa shape index (κ2) is 6.36. The lowest BCUT2D eigenvalue weighted by molar-refractivity contribution is 0.0695. The molecule has 0 saturated heterocycles. The molecule has 1 N–H and O–H groups in total. The number of nitrogens with zero attached hydrogens (tertiary/aromatic N) is 1. The van der Waals surface area contributed by atoms with Crippen LogP contribution in [0.1, 0.15) is 61.1 Å². The summed E-state index contributed by atoms with van der Waals surface area (Å²) in [6, 6.07) is 6.82. The molecule has 1 atom stereocenters. The van der Waals surface area contributed by atoms with Crippen LogP contribution in [-0.2, 0) is 4.84 Å². The van der Waals surface area contributed by atoms with Crippen molar-refractivity contribution in [2.24, 2.45) is 5.16 Å². The van der Waals surface area contributed by atoms with Crippen molar-refractivity contribution in [2.75, 3.05) is 0 Å². The molecule has 1 aliphatic heterocycles. The molecule has 1 aromatic carbocycles. The molecule has 4 nitrogen and oxygen atoms in total. The predicted octanol–water partition coefficient (Wildman–Crippen LogP) is 3.78. The van der Waals surface area contributed by atoms with Gasteiger partial charge in [0.25, 0.3) is 0 Å². The van der Waals surface area contributed by atoms with Gasteiger partial charge in [-0.15, -0.1) is 0 Å².